The highest BCUT2D eigenvalue weighted by Crippen LogP contribution is 2.40. The maximum absolute atomic E-state index is 12.7. The molecule has 0 atom stereocenters. The van der Waals surface area contributed by atoms with E-state index in [1.54, 1.807) is 0 Å². The van der Waals surface area contributed by atoms with E-state index in [2.05, 4.69) is 50.8 Å². The lowest BCUT2D eigenvalue weighted by Gasteiger charge is -2.08. The summed E-state index contributed by atoms with van der Waals surface area (Å²) in [5.74, 6) is 1.67. The van der Waals surface area contributed by atoms with E-state index >= 15 is 0 Å². The van der Waals surface area contributed by atoms with Crippen molar-refractivity contribution in [1.29, 1.82) is 0 Å². The third-order valence-electron chi connectivity index (χ3n) is 5.17. The summed E-state index contributed by atoms with van der Waals surface area (Å²) in [6, 6.07) is 8.16. The molecular weight excluding hydrogens is 396 g/mol. The van der Waals surface area contributed by atoms with Crippen LogP contribution >= 0.6 is 11.8 Å². The summed E-state index contributed by atoms with van der Waals surface area (Å²) < 4.78 is 3.93. The van der Waals surface area contributed by atoms with Gasteiger partial charge in [-0.3, -0.25) is 4.79 Å². The molecule has 0 bridgehead atoms. The van der Waals surface area contributed by atoms with Gasteiger partial charge in [-0.1, -0.05) is 35.5 Å². The van der Waals surface area contributed by atoms with Crippen molar-refractivity contribution in [3.8, 4) is 5.69 Å². The number of anilines is 1. The summed E-state index contributed by atoms with van der Waals surface area (Å²) in [5, 5.41) is 17.0. The number of amides is 1. The molecular formula is C22H26N6OS. The van der Waals surface area contributed by atoms with Crippen molar-refractivity contribution < 1.29 is 4.79 Å². The molecule has 0 radical (unpaired) electrons. The van der Waals surface area contributed by atoms with E-state index in [0.29, 0.717) is 12.5 Å². The van der Waals surface area contributed by atoms with Crippen molar-refractivity contribution in [2.45, 2.75) is 51.2 Å². The third-order valence-corrected chi connectivity index (χ3v) is 6.13. The minimum atomic E-state index is -0.0872. The minimum Gasteiger partial charge on any atom is -0.322 e. The van der Waals surface area contributed by atoms with Crippen LogP contribution in [0.15, 0.2) is 42.1 Å². The number of hydrogen-bond acceptors (Lipinski definition) is 5. The number of benzene rings is 1. The largest absolute Gasteiger partial charge is 0.322 e. The molecule has 2 aromatic heterocycles. The van der Waals surface area contributed by atoms with Crippen LogP contribution < -0.4 is 5.32 Å². The van der Waals surface area contributed by atoms with E-state index in [4.69, 9.17) is 0 Å². The second-order valence-corrected chi connectivity index (χ2v) is 8.59. The zero-order chi connectivity index (χ0) is 21.3. The van der Waals surface area contributed by atoms with Gasteiger partial charge in [0.1, 0.15) is 5.82 Å². The smallest absolute Gasteiger partial charge is 0.234 e. The van der Waals surface area contributed by atoms with E-state index < -0.39 is 0 Å². The molecule has 0 aliphatic heterocycles. The summed E-state index contributed by atoms with van der Waals surface area (Å²) in [5.41, 5.74) is 4.62. The van der Waals surface area contributed by atoms with Crippen LogP contribution in [0.1, 0.15) is 41.5 Å². The fourth-order valence-electron chi connectivity index (χ4n) is 3.42. The van der Waals surface area contributed by atoms with Crippen LogP contribution in [0.2, 0.25) is 0 Å². The van der Waals surface area contributed by atoms with Gasteiger partial charge in [0.25, 0.3) is 0 Å². The van der Waals surface area contributed by atoms with Crippen molar-refractivity contribution in [2.75, 3.05) is 11.1 Å². The fraction of sp³-hybridized carbons (Fsp3) is 0.364. The molecule has 1 aromatic carbocycles. The molecule has 0 saturated heterocycles. The molecule has 1 aliphatic carbocycles. The predicted octanol–water partition coefficient (Wildman–Crippen LogP) is 4.18. The second kappa shape index (κ2) is 8.47. The van der Waals surface area contributed by atoms with E-state index in [1.165, 1.54) is 17.3 Å². The van der Waals surface area contributed by atoms with Crippen LogP contribution in [0, 0.1) is 20.8 Å². The topological polar surface area (TPSA) is 77.6 Å². The lowest BCUT2D eigenvalue weighted by atomic mass is 10.2. The Kier molecular flexibility index (Phi) is 5.76. The Labute approximate surface area is 180 Å². The molecule has 156 valence electrons. The zero-order valence-electron chi connectivity index (χ0n) is 17.6. The molecule has 8 heteroatoms. The molecule has 0 spiro atoms. The summed E-state index contributed by atoms with van der Waals surface area (Å²) in [7, 11) is 0. The van der Waals surface area contributed by atoms with Crippen molar-refractivity contribution in [1.82, 2.24) is 24.5 Å². The van der Waals surface area contributed by atoms with Gasteiger partial charge in [0, 0.05) is 12.5 Å². The quantitative estimate of drug-likeness (QED) is 0.435. The van der Waals surface area contributed by atoms with Gasteiger partial charge in [0.05, 0.1) is 28.5 Å². The molecule has 4 rings (SSSR count). The van der Waals surface area contributed by atoms with Crippen LogP contribution in [0.25, 0.3) is 5.69 Å². The highest BCUT2D eigenvalue weighted by molar-refractivity contribution is 7.99. The summed E-state index contributed by atoms with van der Waals surface area (Å²) >= 11 is 1.40. The molecule has 1 aliphatic rings. The van der Waals surface area contributed by atoms with Crippen LogP contribution in [0.5, 0.6) is 0 Å². The third kappa shape index (κ3) is 4.18. The van der Waals surface area contributed by atoms with Gasteiger partial charge >= 0.3 is 0 Å². The molecule has 7 nitrogen and oxygen atoms in total. The van der Waals surface area contributed by atoms with Gasteiger partial charge in [-0.15, -0.1) is 16.8 Å². The first kappa shape index (κ1) is 20.4. The molecule has 1 fully saturated rings. The van der Waals surface area contributed by atoms with Crippen molar-refractivity contribution >= 4 is 23.4 Å². The standard InChI is InChI=1S/C22H26N6OS/c1-5-12-27-21(17-8-9-17)24-25-22(27)30-13-19(29)23-20-15(3)26-28(16(20)4)18-10-6-14(2)7-11-18/h5-7,10-11,17H,1,8-9,12-13H2,2-4H3,(H,23,29). The Morgan fingerprint density at radius 2 is 1.97 bits per heavy atom. The van der Waals surface area contributed by atoms with Crippen LogP contribution in [0.4, 0.5) is 5.69 Å². The Hall–Kier alpha value is -2.87. The first-order valence-corrected chi connectivity index (χ1v) is 11.1. The van der Waals surface area contributed by atoms with E-state index in [1.807, 2.05) is 36.7 Å². The Balaban J connectivity index is 1.45. The van der Waals surface area contributed by atoms with Crippen LogP contribution in [-0.2, 0) is 11.3 Å². The monoisotopic (exact) mass is 422 g/mol. The Bertz CT molecular complexity index is 1080. The Morgan fingerprint density at radius 1 is 1.23 bits per heavy atom. The lowest BCUT2D eigenvalue weighted by Crippen LogP contribution is -2.16. The number of allylic oxidation sites excluding steroid dienone is 1. The normalized spacial score (nSPS) is 13.4. The second-order valence-electron chi connectivity index (χ2n) is 7.64. The van der Waals surface area contributed by atoms with E-state index in [-0.39, 0.29) is 11.7 Å². The zero-order valence-corrected chi connectivity index (χ0v) is 18.4. The summed E-state index contributed by atoms with van der Waals surface area (Å²) in [4.78, 5) is 12.7. The fourth-order valence-corrected chi connectivity index (χ4v) is 4.17. The number of carbonyl (C=O) groups is 1. The van der Waals surface area contributed by atoms with Gasteiger partial charge in [-0.05, 0) is 45.7 Å². The number of nitrogens with one attached hydrogen (secondary N) is 1. The number of hydrogen-bond donors (Lipinski definition) is 1. The molecule has 3 aromatic rings. The van der Waals surface area contributed by atoms with E-state index in [9.17, 15) is 4.79 Å². The average molecular weight is 423 g/mol. The maximum atomic E-state index is 12.7. The van der Waals surface area contributed by atoms with Crippen molar-refractivity contribution in [2.24, 2.45) is 0 Å². The van der Waals surface area contributed by atoms with Crippen LogP contribution in [-0.4, -0.2) is 36.2 Å². The van der Waals surface area contributed by atoms with Crippen molar-refractivity contribution in [3.05, 3.63) is 59.7 Å². The average Bonchev–Trinajstić information content (AvgIpc) is 3.44. The molecule has 1 saturated carbocycles. The molecule has 1 amide bonds. The predicted molar refractivity (Wildman–Crippen MR) is 119 cm³/mol. The highest BCUT2D eigenvalue weighted by atomic mass is 32.2. The van der Waals surface area contributed by atoms with Crippen LogP contribution in [0.3, 0.4) is 0 Å². The first-order valence-electron chi connectivity index (χ1n) is 10.1. The SMILES string of the molecule is C=CCn1c(SCC(=O)Nc2c(C)nn(-c3ccc(C)cc3)c2C)nnc1C1CC1. The van der Waals surface area contributed by atoms with Gasteiger partial charge < -0.3 is 9.88 Å². The van der Waals surface area contributed by atoms with Gasteiger partial charge in [0.15, 0.2) is 5.16 Å². The summed E-state index contributed by atoms with van der Waals surface area (Å²) in [6.45, 7) is 10.4. The lowest BCUT2D eigenvalue weighted by molar-refractivity contribution is -0.113. The Morgan fingerprint density at radius 3 is 2.63 bits per heavy atom. The minimum absolute atomic E-state index is 0.0872. The number of thioether (sulfide) groups is 1. The summed E-state index contributed by atoms with van der Waals surface area (Å²) in [6.07, 6.45) is 4.15. The van der Waals surface area contributed by atoms with Crippen molar-refractivity contribution in [3.63, 3.8) is 0 Å². The molecule has 0 unspecified atom stereocenters. The van der Waals surface area contributed by atoms with Gasteiger partial charge in [-0.25, -0.2) is 4.68 Å². The molecule has 30 heavy (non-hydrogen) atoms. The number of carbonyl (C=O) groups excluding carboxylic acids is 1. The van der Waals surface area contributed by atoms with E-state index in [0.717, 1.165) is 46.6 Å². The number of nitrogens with zero attached hydrogens (tertiary/aromatic N) is 5. The number of aryl methyl sites for hydroxylation is 2. The molecule has 2 heterocycles. The van der Waals surface area contributed by atoms with Gasteiger partial charge in [-0.2, -0.15) is 5.10 Å². The number of aromatic nitrogens is 5. The maximum Gasteiger partial charge on any atom is 0.234 e. The van der Waals surface area contributed by atoms with Gasteiger partial charge in [0.2, 0.25) is 5.91 Å². The highest BCUT2D eigenvalue weighted by Gasteiger charge is 2.30. The molecule has 1 N–H and O–H groups in total. The first-order chi connectivity index (χ1) is 14.5. The number of rotatable bonds is 8.